The average molecular weight is 403 g/mol. The molecule has 0 bridgehead atoms. The van der Waals surface area contributed by atoms with Crippen LogP contribution >= 0.6 is 11.3 Å². The number of esters is 1. The number of ether oxygens (including phenoxy) is 2. The summed E-state index contributed by atoms with van der Waals surface area (Å²) < 4.78 is 10.2. The summed E-state index contributed by atoms with van der Waals surface area (Å²) in [7, 11) is 2.95. The fourth-order valence-electron chi connectivity index (χ4n) is 3.54. The molecular weight excluding hydrogens is 376 g/mol. The van der Waals surface area contributed by atoms with E-state index in [1.807, 2.05) is 29.6 Å². The van der Waals surface area contributed by atoms with Crippen molar-refractivity contribution in [1.29, 1.82) is 0 Å². The summed E-state index contributed by atoms with van der Waals surface area (Å²) in [6, 6.07) is 7.44. The maximum atomic E-state index is 12.6. The van der Waals surface area contributed by atoms with Crippen LogP contribution in [0.3, 0.4) is 0 Å². The van der Waals surface area contributed by atoms with Crippen LogP contribution in [0.5, 0.6) is 5.75 Å². The number of hydrogen-bond donors (Lipinski definition) is 1. The maximum Gasteiger partial charge on any atom is 0.341 e. The first-order chi connectivity index (χ1) is 13.5. The van der Waals surface area contributed by atoms with Crippen LogP contribution in [0.15, 0.2) is 29.6 Å². The summed E-state index contributed by atoms with van der Waals surface area (Å²) in [6.07, 6.45) is 2.32. The molecule has 0 spiro atoms. The van der Waals surface area contributed by atoms with Crippen LogP contribution in [0.2, 0.25) is 0 Å². The molecule has 1 N–H and O–H groups in total. The molecule has 1 aliphatic rings. The number of benzene rings is 1. The van der Waals surface area contributed by atoms with Crippen molar-refractivity contribution in [2.75, 3.05) is 39.2 Å². The normalized spacial score (nSPS) is 17.2. The van der Waals surface area contributed by atoms with Gasteiger partial charge in [-0.3, -0.25) is 9.69 Å². The molecule has 1 aliphatic heterocycles. The summed E-state index contributed by atoms with van der Waals surface area (Å²) >= 11 is 1.33. The molecule has 6 nitrogen and oxygen atoms in total. The van der Waals surface area contributed by atoms with Crippen molar-refractivity contribution < 1.29 is 19.1 Å². The molecule has 1 fully saturated rings. The largest absolute Gasteiger partial charge is 0.497 e. The number of rotatable bonds is 6. The van der Waals surface area contributed by atoms with E-state index >= 15 is 0 Å². The molecule has 2 aromatic rings. The van der Waals surface area contributed by atoms with Gasteiger partial charge in [0.05, 0.1) is 20.8 Å². The van der Waals surface area contributed by atoms with Gasteiger partial charge in [0.2, 0.25) is 5.91 Å². The molecule has 28 heavy (non-hydrogen) atoms. The highest BCUT2D eigenvalue weighted by Crippen LogP contribution is 2.36. The van der Waals surface area contributed by atoms with Crippen LogP contribution < -0.4 is 10.1 Å². The third-order valence-corrected chi connectivity index (χ3v) is 5.84. The number of anilines is 1. The molecule has 2 heterocycles. The fraction of sp³-hybridized carbons (Fsp3) is 0.429. The van der Waals surface area contributed by atoms with Crippen molar-refractivity contribution >= 4 is 28.2 Å². The van der Waals surface area contributed by atoms with Crippen LogP contribution in [0, 0.1) is 5.92 Å². The van der Waals surface area contributed by atoms with E-state index in [9.17, 15) is 9.59 Å². The van der Waals surface area contributed by atoms with Gasteiger partial charge >= 0.3 is 5.97 Å². The number of nitrogens with zero attached hydrogens (tertiary/aromatic N) is 1. The Bertz CT molecular complexity index is 831. The van der Waals surface area contributed by atoms with Gasteiger partial charge in [-0.1, -0.05) is 19.1 Å². The number of piperidine rings is 1. The Morgan fingerprint density at radius 3 is 2.64 bits per heavy atom. The number of likely N-dealkylation sites (tertiary alicyclic amines) is 1. The Labute approximate surface area is 169 Å². The van der Waals surface area contributed by atoms with Crippen LogP contribution in [0.1, 0.15) is 30.1 Å². The van der Waals surface area contributed by atoms with E-state index in [1.54, 1.807) is 7.11 Å². The first kappa shape index (κ1) is 20.4. The van der Waals surface area contributed by atoms with Gasteiger partial charge in [0, 0.05) is 17.5 Å². The minimum absolute atomic E-state index is 0.109. The van der Waals surface area contributed by atoms with Crippen LogP contribution in [0.4, 0.5) is 5.00 Å². The van der Waals surface area contributed by atoms with E-state index in [0.29, 0.717) is 23.0 Å². The Morgan fingerprint density at radius 2 is 2.00 bits per heavy atom. The Morgan fingerprint density at radius 1 is 1.25 bits per heavy atom. The summed E-state index contributed by atoms with van der Waals surface area (Å²) in [4.78, 5) is 27.2. The zero-order valence-electron chi connectivity index (χ0n) is 16.5. The van der Waals surface area contributed by atoms with Gasteiger partial charge in [-0.15, -0.1) is 11.3 Å². The van der Waals surface area contributed by atoms with E-state index in [0.717, 1.165) is 36.4 Å². The summed E-state index contributed by atoms with van der Waals surface area (Å²) in [5, 5.41) is 5.30. The second kappa shape index (κ2) is 9.21. The van der Waals surface area contributed by atoms with Crippen molar-refractivity contribution in [2.24, 2.45) is 5.92 Å². The summed E-state index contributed by atoms with van der Waals surface area (Å²) in [5.74, 6) is 0.773. The first-order valence-corrected chi connectivity index (χ1v) is 10.3. The molecule has 1 aromatic heterocycles. The minimum atomic E-state index is -0.464. The maximum absolute atomic E-state index is 12.6. The Hall–Kier alpha value is -2.38. The van der Waals surface area contributed by atoms with Crippen molar-refractivity contribution in [1.82, 2.24) is 4.90 Å². The molecular formula is C21H26N2O4S. The molecule has 1 aromatic carbocycles. The van der Waals surface area contributed by atoms with Gasteiger partial charge in [-0.05, 0) is 43.0 Å². The van der Waals surface area contributed by atoms with E-state index < -0.39 is 5.97 Å². The number of thiophene rings is 1. The van der Waals surface area contributed by atoms with Gasteiger partial charge in [-0.2, -0.15) is 0 Å². The standard InChI is InChI=1S/C21H26N2O4S/c1-14-5-4-10-23(11-14)12-18(24)22-20-19(21(25)27-3)17(13-28-20)15-6-8-16(26-2)9-7-15/h6-9,13-14H,4-5,10-12H2,1-3H3,(H,22,24). The fourth-order valence-corrected chi connectivity index (χ4v) is 4.51. The first-order valence-electron chi connectivity index (χ1n) is 9.38. The molecule has 0 radical (unpaired) electrons. The van der Waals surface area contributed by atoms with Crippen LogP contribution in [0.25, 0.3) is 11.1 Å². The highest BCUT2D eigenvalue weighted by atomic mass is 32.1. The second-order valence-corrected chi connectivity index (χ2v) is 7.98. The Kier molecular flexibility index (Phi) is 6.70. The molecule has 1 atom stereocenters. The number of carbonyl (C=O) groups excluding carboxylic acids is 2. The van der Waals surface area contributed by atoms with Gasteiger partial charge in [-0.25, -0.2) is 4.79 Å². The van der Waals surface area contributed by atoms with Crippen LogP contribution in [-0.4, -0.2) is 50.6 Å². The average Bonchev–Trinajstić information content (AvgIpc) is 3.10. The molecule has 1 saturated heterocycles. The zero-order valence-corrected chi connectivity index (χ0v) is 17.3. The molecule has 0 saturated carbocycles. The lowest BCUT2D eigenvalue weighted by Crippen LogP contribution is -2.39. The van der Waals surface area contributed by atoms with Crippen molar-refractivity contribution in [3.05, 3.63) is 35.2 Å². The molecule has 7 heteroatoms. The van der Waals surface area contributed by atoms with E-state index in [1.165, 1.54) is 24.9 Å². The van der Waals surface area contributed by atoms with Gasteiger partial charge < -0.3 is 14.8 Å². The highest BCUT2D eigenvalue weighted by molar-refractivity contribution is 7.15. The van der Waals surface area contributed by atoms with Gasteiger partial charge in [0.1, 0.15) is 16.3 Å². The molecule has 150 valence electrons. The number of amides is 1. The second-order valence-electron chi connectivity index (χ2n) is 7.10. The number of methoxy groups -OCH3 is 2. The topological polar surface area (TPSA) is 67.9 Å². The lowest BCUT2D eigenvalue weighted by atomic mass is 10.0. The van der Waals surface area contributed by atoms with Crippen molar-refractivity contribution in [2.45, 2.75) is 19.8 Å². The third kappa shape index (κ3) is 4.72. The smallest absolute Gasteiger partial charge is 0.341 e. The number of nitrogens with one attached hydrogen (secondary N) is 1. The monoisotopic (exact) mass is 402 g/mol. The molecule has 0 aliphatic carbocycles. The summed E-state index contributed by atoms with van der Waals surface area (Å²) in [6.45, 7) is 4.41. The lowest BCUT2D eigenvalue weighted by Gasteiger charge is -2.30. The molecule has 1 unspecified atom stereocenters. The Balaban J connectivity index is 1.79. The third-order valence-electron chi connectivity index (χ3n) is 4.94. The minimum Gasteiger partial charge on any atom is -0.497 e. The zero-order chi connectivity index (χ0) is 20.1. The van der Waals surface area contributed by atoms with Crippen LogP contribution in [-0.2, 0) is 9.53 Å². The van der Waals surface area contributed by atoms with Gasteiger partial charge in [0.15, 0.2) is 0 Å². The van der Waals surface area contributed by atoms with Gasteiger partial charge in [0.25, 0.3) is 0 Å². The predicted octanol–water partition coefficient (Wildman–Crippen LogP) is 3.88. The quantitative estimate of drug-likeness (QED) is 0.743. The number of carbonyl (C=O) groups is 2. The van der Waals surface area contributed by atoms with E-state index in [2.05, 4.69) is 17.1 Å². The van der Waals surface area contributed by atoms with E-state index in [-0.39, 0.29) is 5.91 Å². The molecule has 1 amide bonds. The van der Waals surface area contributed by atoms with E-state index in [4.69, 9.17) is 9.47 Å². The highest BCUT2D eigenvalue weighted by Gasteiger charge is 2.24. The molecule has 3 rings (SSSR count). The SMILES string of the molecule is COC(=O)c1c(-c2ccc(OC)cc2)csc1NC(=O)CN1CCCC(C)C1. The lowest BCUT2D eigenvalue weighted by molar-refractivity contribution is -0.117. The van der Waals surface area contributed by atoms with Crippen molar-refractivity contribution in [3.63, 3.8) is 0 Å². The number of hydrogen-bond acceptors (Lipinski definition) is 6. The summed E-state index contributed by atoms with van der Waals surface area (Å²) in [5.41, 5.74) is 1.99. The predicted molar refractivity (Wildman–Crippen MR) is 111 cm³/mol. The van der Waals surface area contributed by atoms with Crippen molar-refractivity contribution in [3.8, 4) is 16.9 Å².